The first-order chi connectivity index (χ1) is 11.5. The van der Waals surface area contributed by atoms with E-state index in [1.807, 2.05) is 0 Å². The van der Waals surface area contributed by atoms with E-state index in [-0.39, 0.29) is 5.56 Å². The zero-order valence-corrected chi connectivity index (χ0v) is 14.2. The molecule has 1 atom stereocenters. The molecule has 4 nitrogen and oxygen atoms in total. The molecule has 2 saturated heterocycles. The van der Waals surface area contributed by atoms with Gasteiger partial charge in [0.05, 0.1) is 5.56 Å². The van der Waals surface area contributed by atoms with Crippen molar-refractivity contribution in [2.24, 2.45) is 0 Å². The highest BCUT2D eigenvalue weighted by Crippen LogP contribution is 2.18. The number of carbonyl (C=O) groups is 1. The number of halogens is 2. The summed E-state index contributed by atoms with van der Waals surface area (Å²) >= 11 is 0. The van der Waals surface area contributed by atoms with Crippen molar-refractivity contribution >= 4 is 5.91 Å². The van der Waals surface area contributed by atoms with Gasteiger partial charge in [0.2, 0.25) is 0 Å². The SMILES string of the molecule is CN1CCCC[C@H]1CN1CCN(C(=O)c2cc(F)ccc2F)CC1. The van der Waals surface area contributed by atoms with E-state index in [0.29, 0.717) is 19.1 Å². The van der Waals surface area contributed by atoms with Crippen LogP contribution in [0.1, 0.15) is 29.6 Å². The summed E-state index contributed by atoms with van der Waals surface area (Å²) in [6, 6.07) is 3.62. The van der Waals surface area contributed by atoms with E-state index in [0.717, 1.165) is 44.4 Å². The van der Waals surface area contributed by atoms with Crippen LogP contribution in [0.15, 0.2) is 18.2 Å². The Kier molecular flexibility index (Phi) is 5.46. The standard InChI is InChI=1S/C18H25F2N3O/c1-21-7-3-2-4-15(21)13-22-8-10-23(11-9-22)18(24)16-12-14(19)5-6-17(16)20/h5-6,12,15H,2-4,7-11,13H2,1H3/t15-/m0/s1. The molecule has 1 amide bonds. The van der Waals surface area contributed by atoms with Gasteiger partial charge in [-0.25, -0.2) is 8.78 Å². The maximum absolute atomic E-state index is 13.8. The lowest BCUT2D eigenvalue weighted by atomic mass is 10.0. The third kappa shape index (κ3) is 3.92. The summed E-state index contributed by atoms with van der Waals surface area (Å²) in [4.78, 5) is 18.8. The van der Waals surface area contributed by atoms with E-state index in [1.165, 1.54) is 19.3 Å². The molecule has 1 aromatic carbocycles. The Balaban J connectivity index is 1.54. The highest BCUT2D eigenvalue weighted by molar-refractivity contribution is 5.94. The lowest BCUT2D eigenvalue weighted by molar-refractivity contribution is 0.0560. The molecule has 2 aliphatic heterocycles. The monoisotopic (exact) mass is 337 g/mol. The molecule has 0 aliphatic carbocycles. The molecule has 0 radical (unpaired) electrons. The third-order valence-electron chi connectivity index (χ3n) is 5.21. The van der Waals surface area contributed by atoms with E-state index < -0.39 is 17.5 Å². The third-order valence-corrected chi connectivity index (χ3v) is 5.21. The number of rotatable bonds is 3. The molecule has 0 bridgehead atoms. The van der Waals surface area contributed by atoms with Crippen LogP contribution in [0.5, 0.6) is 0 Å². The number of nitrogens with zero attached hydrogens (tertiary/aromatic N) is 3. The van der Waals surface area contributed by atoms with Crippen LogP contribution >= 0.6 is 0 Å². The van der Waals surface area contributed by atoms with Gasteiger partial charge in [0.15, 0.2) is 0 Å². The van der Waals surface area contributed by atoms with Crippen molar-refractivity contribution in [1.29, 1.82) is 0 Å². The number of hydrogen-bond donors (Lipinski definition) is 0. The fourth-order valence-electron chi connectivity index (χ4n) is 3.64. The summed E-state index contributed by atoms with van der Waals surface area (Å²) in [6.45, 7) is 4.87. The van der Waals surface area contributed by atoms with Gasteiger partial charge in [-0.1, -0.05) is 6.42 Å². The Bertz CT molecular complexity index is 588. The van der Waals surface area contributed by atoms with Gasteiger partial charge < -0.3 is 9.80 Å². The number of benzene rings is 1. The Morgan fingerprint density at radius 1 is 1.12 bits per heavy atom. The predicted molar refractivity (Wildman–Crippen MR) is 89.0 cm³/mol. The molecule has 0 spiro atoms. The molecule has 2 aliphatic rings. The van der Waals surface area contributed by atoms with Gasteiger partial charge in [-0.05, 0) is 44.6 Å². The van der Waals surface area contributed by atoms with Crippen LogP contribution < -0.4 is 0 Å². The zero-order chi connectivity index (χ0) is 17.1. The second-order valence-corrected chi connectivity index (χ2v) is 6.85. The van der Waals surface area contributed by atoms with Gasteiger partial charge in [0, 0.05) is 38.8 Å². The Hall–Kier alpha value is -1.53. The summed E-state index contributed by atoms with van der Waals surface area (Å²) in [5.41, 5.74) is -0.171. The molecule has 2 heterocycles. The first-order valence-corrected chi connectivity index (χ1v) is 8.71. The maximum atomic E-state index is 13.8. The largest absolute Gasteiger partial charge is 0.336 e. The van der Waals surface area contributed by atoms with Crippen molar-refractivity contribution in [1.82, 2.24) is 14.7 Å². The average molecular weight is 337 g/mol. The smallest absolute Gasteiger partial charge is 0.257 e. The van der Waals surface area contributed by atoms with Gasteiger partial charge in [-0.15, -0.1) is 0 Å². The topological polar surface area (TPSA) is 26.8 Å². The summed E-state index contributed by atoms with van der Waals surface area (Å²) < 4.78 is 27.1. The fourth-order valence-corrected chi connectivity index (χ4v) is 3.64. The molecule has 6 heteroatoms. The van der Waals surface area contributed by atoms with E-state index in [4.69, 9.17) is 0 Å². The lowest BCUT2D eigenvalue weighted by Crippen LogP contribution is -2.53. The lowest BCUT2D eigenvalue weighted by Gasteiger charge is -2.40. The molecule has 24 heavy (non-hydrogen) atoms. The van der Waals surface area contributed by atoms with E-state index in [2.05, 4.69) is 16.8 Å². The Labute approximate surface area is 142 Å². The van der Waals surface area contributed by atoms with E-state index in [1.54, 1.807) is 4.90 Å². The fraction of sp³-hybridized carbons (Fsp3) is 0.611. The summed E-state index contributed by atoms with van der Waals surface area (Å²) in [7, 11) is 2.18. The van der Waals surface area contributed by atoms with Crippen LogP contribution in [0, 0.1) is 11.6 Å². The first-order valence-electron chi connectivity index (χ1n) is 8.71. The molecule has 0 aromatic heterocycles. The first kappa shape index (κ1) is 17.3. The average Bonchev–Trinajstić information content (AvgIpc) is 2.59. The molecule has 1 aromatic rings. The van der Waals surface area contributed by atoms with Gasteiger partial charge in [-0.3, -0.25) is 9.69 Å². The van der Waals surface area contributed by atoms with Crippen LogP contribution in [-0.4, -0.2) is 73.0 Å². The summed E-state index contributed by atoms with van der Waals surface area (Å²) in [6.07, 6.45) is 3.78. The molecular formula is C18H25F2N3O. The quantitative estimate of drug-likeness (QED) is 0.846. The van der Waals surface area contributed by atoms with Crippen LogP contribution in [0.25, 0.3) is 0 Å². The predicted octanol–water partition coefficient (Wildman–Crippen LogP) is 2.21. The highest BCUT2D eigenvalue weighted by Gasteiger charge is 2.27. The molecule has 0 N–H and O–H groups in total. The molecule has 0 unspecified atom stereocenters. The number of likely N-dealkylation sites (tertiary alicyclic amines) is 1. The number of amides is 1. The van der Waals surface area contributed by atoms with Crippen molar-refractivity contribution in [3.63, 3.8) is 0 Å². The number of piperazine rings is 1. The van der Waals surface area contributed by atoms with Crippen LogP contribution in [0.4, 0.5) is 8.78 Å². The van der Waals surface area contributed by atoms with Gasteiger partial charge >= 0.3 is 0 Å². The maximum Gasteiger partial charge on any atom is 0.257 e. The number of hydrogen-bond acceptors (Lipinski definition) is 3. The van der Waals surface area contributed by atoms with Crippen LogP contribution in [-0.2, 0) is 0 Å². The molecule has 2 fully saturated rings. The zero-order valence-electron chi connectivity index (χ0n) is 14.2. The molecule has 132 valence electrons. The minimum absolute atomic E-state index is 0.171. The Morgan fingerprint density at radius 3 is 2.58 bits per heavy atom. The number of likely N-dealkylation sites (N-methyl/N-ethyl adjacent to an activating group) is 1. The number of carbonyl (C=O) groups excluding carboxylic acids is 1. The van der Waals surface area contributed by atoms with Crippen molar-refractivity contribution in [3.05, 3.63) is 35.4 Å². The molecule has 0 saturated carbocycles. The van der Waals surface area contributed by atoms with Crippen LogP contribution in [0.2, 0.25) is 0 Å². The van der Waals surface area contributed by atoms with E-state index in [9.17, 15) is 13.6 Å². The second-order valence-electron chi connectivity index (χ2n) is 6.85. The second kappa shape index (κ2) is 7.57. The highest BCUT2D eigenvalue weighted by atomic mass is 19.1. The molecular weight excluding hydrogens is 312 g/mol. The van der Waals surface area contributed by atoms with Crippen molar-refractivity contribution < 1.29 is 13.6 Å². The summed E-state index contributed by atoms with van der Waals surface area (Å²) in [5.74, 6) is -1.66. The minimum atomic E-state index is -0.660. The van der Waals surface area contributed by atoms with Crippen LogP contribution in [0.3, 0.4) is 0 Å². The summed E-state index contributed by atoms with van der Waals surface area (Å²) in [5, 5.41) is 0. The van der Waals surface area contributed by atoms with Gasteiger partial charge in [-0.2, -0.15) is 0 Å². The van der Waals surface area contributed by atoms with Crippen molar-refractivity contribution in [2.45, 2.75) is 25.3 Å². The van der Waals surface area contributed by atoms with Crippen molar-refractivity contribution in [3.8, 4) is 0 Å². The van der Waals surface area contributed by atoms with Gasteiger partial charge in [0.25, 0.3) is 5.91 Å². The van der Waals surface area contributed by atoms with Crippen molar-refractivity contribution in [2.75, 3.05) is 46.3 Å². The normalized spacial score (nSPS) is 23.5. The Morgan fingerprint density at radius 2 is 1.88 bits per heavy atom. The minimum Gasteiger partial charge on any atom is -0.336 e. The molecule has 3 rings (SSSR count). The number of piperidine rings is 1. The van der Waals surface area contributed by atoms with E-state index >= 15 is 0 Å². The van der Waals surface area contributed by atoms with Gasteiger partial charge in [0.1, 0.15) is 11.6 Å².